The van der Waals surface area contributed by atoms with Crippen LogP contribution in [-0.2, 0) is 17.8 Å². The first-order valence-corrected chi connectivity index (χ1v) is 12.2. The molecular formula is C27H27ClN4O3. The van der Waals surface area contributed by atoms with Gasteiger partial charge in [0.05, 0.1) is 0 Å². The number of urea groups is 1. The monoisotopic (exact) mass is 490 g/mol. The number of anilines is 1. The van der Waals surface area contributed by atoms with Crippen LogP contribution in [0.2, 0.25) is 5.02 Å². The number of amides is 3. The fraction of sp³-hybridized carbons (Fsp3) is 0.296. The summed E-state index contributed by atoms with van der Waals surface area (Å²) in [4.78, 5) is 40.7. The summed E-state index contributed by atoms with van der Waals surface area (Å²) in [7, 11) is 0. The molecule has 7 nitrogen and oxygen atoms in total. The van der Waals surface area contributed by atoms with Crippen LogP contribution in [0, 0.1) is 5.92 Å². The highest BCUT2D eigenvalue weighted by Gasteiger charge is 2.37. The number of nitrogens with one attached hydrogen (secondary N) is 2. The minimum Gasteiger partial charge on any atom is -0.326 e. The Morgan fingerprint density at radius 1 is 0.971 bits per heavy atom. The first kappa shape index (κ1) is 23.2. The molecular weight excluding hydrogens is 464 g/mol. The highest BCUT2D eigenvalue weighted by molar-refractivity contribution is 6.30. The minimum atomic E-state index is -0.763. The number of carbonyl (C=O) groups is 2. The van der Waals surface area contributed by atoms with Crippen LogP contribution >= 0.6 is 11.6 Å². The molecule has 3 atom stereocenters. The van der Waals surface area contributed by atoms with E-state index in [1.807, 2.05) is 41.0 Å². The van der Waals surface area contributed by atoms with Gasteiger partial charge in [0.15, 0.2) is 0 Å². The SMILES string of the molecule is O=C(Nc1cccc(Cl)c1)C(Cc1ccccc1)NC(=O)N1CC2CC(C1)c1cccc(=O)n1C2. The number of carbonyl (C=O) groups excluding carboxylic acids is 2. The topological polar surface area (TPSA) is 83.4 Å². The molecule has 0 saturated carbocycles. The Balaban J connectivity index is 1.32. The van der Waals surface area contributed by atoms with Crippen LogP contribution in [0.25, 0.3) is 0 Å². The molecule has 3 aromatic rings. The van der Waals surface area contributed by atoms with Crippen molar-refractivity contribution in [2.45, 2.75) is 31.3 Å². The molecule has 3 heterocycles. The fourth-order valence-corrected chi connectivity index (χ4v) is 5.35. The Morgan fingerprint density at radius 3 is 2.57 bits per heavy atom. The molecule has 1 saturated heterocycles. The second-order valence-electron chi connectivity index (χ2n) is 9.29. The maximum absolute atomic E-state index is 13.4. The number of piperidine rings is 1. The lowest BCUT2D eigenvalue weighted by Crippen LogP contribution is -2.55. The lowest BCUT2D eigenvalue weighted by Gasteiger charge is -2.43. The van der Waals surface area contributed by atoms with Gasteiger partial charge in [-0.15, -0.1) is 0 Å². The molecule has 0 radical (unpaired) electrons. The van der Waals surface area contributed by atoms with Crippen LogP contribution in [0.15, 0.2) is 77.6 Å². The zero-order valence-corrected chi connectivity index (χ0v) is 19.9. The second-order valence-corrected chi connectivity index (χ2v) is 9.73. The summed E-state index contributed by atoms with van der Waals surface area (Å²) in [6.07, 6.45) is 1.31. The number of nitrogens with zero attached hydrogens (tertiary/aromatic N) is 2. The van der Waals surface area contributed by atoms with E-state index in [9.17, 15) is 14.4 Å². The second kappa shape index (κ2) is 9.96. The standard InChI is InChI=1S/C27H27ClN4O3/c28-21-8-4-9-22(14-21)29-26(34)23(13-18-6-2-1-3-7-18)30-27(35)31-15-19-12-20(17-31)24-10-5-11-25(33)32(24)16-19/h1-11,14,19-20,23H,12-13,15-17H2,(H,29,34)(H,30,35). The van der Waals surface area contributed by atoms with Gasteiger partial charge in [-0.25, -0.2) is 4.79 Å². The largest absolute Gasteiger partial charge is 0.326 e. The van der Waals surface area contributed by atoms with Crippen LogP contribution in [0.1, 0.15) is 23.6 Å². The van der Waals surface area contributed by atoms with Gasteiger partial charge in [0, 0.05) is 54.4 Å². The summed E-state index contributed by atoms with van der Waals surface area (Å²) >= 11 is 6.07. The van der Waals surface area contributed by atoms with Gasteiger partial charge < -0.3 is 20.1 Å². The van der Waals surface area contributed by atoms with Crippen LogP contribution in [0.4, 0.5) is 10.5 Å². The molecule has 1 fully saturated rings. The van der Waals surface area contributed by atoms with Crippen LogP contribution in [0.5, 0.6) is 0 Å². The minimum absolute atomic E-state index is 0.00992. The van der Waals surface area contributed by atoms with Crippen molar-refractivity contribution >= 4 is 29.2 Å². The molecule has 0 spiro atoms. The number of hydrogen-bond donors (Lipinski definition) is 2. The van der Waals surface area contributed by atoms with Gasteiger partial charge in [-0.3, -0.25) is 9.59 Å². The van der Waals surface area contributed by atoms with Crippen molar-refractivity contribution in [3.8, 4) is 0 Å². The molecule has 5 rings (SSSR count). The molecule has 35 heavy (non-hydrogen) atoms. The van der Waals surface area contributed by atoms with Gasteiger partial charge in [0.2, 0.25) is 5.91 Å². The normalized spacial score (nSPS) is 19.4. The summed E-state index contributed by atoms with van der Waals surface area (Å²) in [5.74, 6) is 0.00791. The number of rotatable bonds is 5. The molecule has 0 aliphatic carbocycles. The van der Waals surface area contributed by atoms with E-state index in [4.69, 9.17) is 11.6 Å². The van der Waals surface area contributed by atoms with E-state index in [-0.39, 0.29) is 29.3 Å². The van der Waals surface area contributed by atoms with Crippen LogP contribution < -0.4 is 16.2 Å². The van der Waals surface area contributed by atoms with Gasteiger partial charge in [0.1, 0.15) is 6.04 Å². The molecule has 180 valence electrons. The van der Waals surface area contributed by atoms with Crippen molar-refractivity contribution < 1.29 is 9.59 Å². The number of aromatic nitrogens is 1. The van der Waals surface area contributed by atoms with E-state index in [2.05, 4.69) is 10.6 Å². The number of hydrogen-bond acceptors (Lipinski definition) is 3. The summed E-state index contributed by atoms with van der Waals surface area (Å²) in [6.45, 7) is 1.68. The third-order valence-corrected chi connectivity index (χ3v) is 6.99. The van der Waals surface area contributed by atoms with Crippen molar-refractivity contribution in [1.29, 1.82) is 0 Å². The molecule has 3 amide bonds. The summed E-state index contributed by atoms with van der Waals surface area (Å²) in [5.41, 5.74) is 2.51. The molecule has 2 aromatic carbocycles. The first-order chi connectivity index (χ1) is 17.0. The number of pyridine rings is 1. The highest BCUT2D eigenvalue weighted by atomic mass is 35.5. The number of benzene rings is 2. The van der Waals surface area contributed by atoms with E-state index in [0.717, 1.165) is 17.7 Å². The Labute approximate surface area is 208 Å². The molecule has 3 unspecified atom stereocenters. The van der Waals surface area contributed by atoms with Crippen molar-refractivity contribution in [1.82, 2.24) is 14.8 Å². The zero-order valence-electron chi connectivity index (χ0n) is 19.2. The Hall–Kier alpha value is -3.58. The Bertz CT molecular complexity index is 1290. The Morgan fingerprint density at radius 2 is 1.77 bits per heavy atom. The third-order valence-electron chi connectivity index (χ3n) is 6.76. The van der Waals surface area contributed by atoms with Crippen molar-refractivity contribution in [3.05, 3.63) is 99.4 Å². The Kier molecular flexibility index (Phi) is 6.59. The molecule has 2 aliphatic rings. The van der Waals surface area contributed by atoms with E-state index >= 15 is 0 Å². The molecule has 1 aromatic heterocycles. The van der Waals surface area contributed by atoms with E-state index in [0.29, 0.717) is 36.8 Å². The third kappa shape index (κ3) is 5.25. The van der Waals surface area contributed by atoms with Crippen LogP contribution in [0.3, 0.4) is 0 Å². The van der Waals surface area contributed by atoms with E-state index in [1.165, 1.54) is 0 Å². The van der Waals surface area contributed by atoms with Crippen molar-refractivity contribution in [2.24, 2.45) is 5.92 Å². The van der Waals surface area contributed by atoms with Gasteiger partial charge in [0.25, 0.3) is 5.56 Å². The predicted molar refractivity (Wildman–Crippen MR) is 136 cm³/mol. The number of halogens is 1. The van der Waals surface area contributed by atoms with Crippen molar-refractivity contribution in [3.63, 3.8) is 0 Å². The maximum Gasteiger partial charge on any atom is 0.318 e. The van der Waals surface area contributed by atoms with Gasteiger partial charge in [-0.05, 0) is 42.2 Å². The maximum atomic E-state index is 13.4. The van der Waals surface area contributed by atoms with Gasteiger partial charge in [-0.2, -0.15) is 0 Å². The quantitative estimate of drug-likeness (QED) is 0.569. The zero-order chi connectivity index (χ0) is 24.4. The van der Waals surface area contributed by atoms with Gasteiger partial charge in [-0.1, -0.05) is 54.1 Å². The van der Waals surface area contributed by atoms with E-state index < -0.39 is 6.04 Å². The first-order valence-electron chi connectivity index (χ1n) is 11.8. The van der Waals surface area contributed by atoms with Gasteiger partial charge >= 0.3 is 6.03 Å². The number of likely N-dealkylation sites (tertiary alicyclic amines) is 1. The summed E-state index contributed by atoms with van der Waals surface area (Å²) < 4.78 is 1.84. The summed E-state index contributed by atoms with van der Waals surface area (Å²) in [5, 5.41) is 6.36. The average molecular weight is 491 g/mol. The van der Waals surface area contributed by atoms with Crippen molar-refractivity contribution in [2.75, 3.05) is 18.4 Å². The molecule has 2 N–H and O–H groups in total. The highest BCUT2D eigenvalue weighted by Crippen LogP contribution is 2.34. The molecule has 2 aliphatic heterocycles. The smallest absolute Gasteiger partial charge is 0.318 e. The van der Waals surface area contributed by atoms with Crippen LogP contribution in [-0.4, -0.2) is 40.5 Å². The lowest BCUT2D eigenvalue weighted by molar-refractivity contribution is -0.118. The van der Waals surface area contributed by atoms with E-state index in [1.54, 1.807) is 41.3 Å². The fourth-order valence-electron chi connectivity index (χ4n) is 5.16. The average Bonchev–Trinajstić information content (AvgIpc) is 2.85. The molecule has 8 heteroatoms. The number of fused-ring (bicyclic) bond motifs is 4. The molecule has 2 bridgehead atoms. The predicted octanol–water partition coefficient (Wildman–Crippen LogP) is 3.88. The summed E-state index contributed by atoms with van der Waals surface area (Å²) in [6, 6.07) is 20.8. The lowest BCUT2D eigenvalue weighted by atomic mass is 9.83.